The summed E-state index contributed by atoms with van der Waals surface area (Å²) in [5.41, 5.74) is 3.98. The van der Waals surface area contributed by atoms with Crippen LogP contribution >= 0.6 is 0 Å². The summed E-state index contributed by atoms with van der Waals surface area (Å²) in [5, 5.41) is 3.01. The summed E-state index contributed by atoms with van der Waals surface area (Å²) in [6.07, 6.45) is 5.78. The van der Waals surface area contributed by atoms with E-state index in [9.17, 15) is 4.79 Å². The summed E-state index contributed by atoms with van der Waals surface area (Å²) in [4.78, 5) is 17.2. The van der Waals surface area contributed by atoms with Crippen LogP contribution in [0.5, 0.6) is 5.75 Å². The van der Waals surface area contributed by atoms with Crippen LogP contribution in [0.3, 0.4) is 0 Å². The van der Waals surface area contributed by atoms with E-state index >= 15 is 0 Å². The van der Waals surface area contributed by atoms with Gasteiger partial charge in [-0.15, -0.1) is 0 Å². The quantitative estimate of drug-likeness (QED) is 0.733. The van der Waals surface area contributed by atoms with Gasteiger partial charge in [0.2, 0.25) is 5.91 Å². The number of aromatic nitrogens is 2. The van der Waals surface area contributed by atoms with E-state index in [-0.39, 0.29) is 5.91 Å². The third kappa shape index (κ3) is 3.82. The van der Waals surface area contributed by atoms with Gasteiger partial charge < -0.3 is 14.6 Å². The number of benzene rings is 2. The van der Waals surface area contributed by atoms with E-state index in [4.69, 9.17) is 9.72 Å². The average Bonchev–Trinajstić information content (AvgIpc) is 2.86. The van der Waals surface area contributed by atoms with E-state index < -0.39 is 0 Å². The molecule has 1 aliphatic heterocycles. The van der Waals surface area contributed by atoms with Crippen molar-refractivity contribution in [3.63, 3.8) is 0 Å². The summed E-state index contributed by atoms with van der Waals surface area (Å²) in [5.74, 6) is 1.99. The zero-order valence-corrected chi connectivity index (χ0v) is 15.7. The Labute approximate surface area is 159 Å². The van der Waals surface area contributed by atoms with Gasteiger partial charge >= 0.3 is 0 Å². The van der Waals surface area contributed by atoms with Gasteiger partial charge in [-0.1, -0.05) is 24.6 Å². The Hall–Kier alpha value is -2.82. The van der Waals surface area contributed by atoms with Crippen molar-refractivity contribution in [2.24, 2.45) is 0 Å². The molecule has 1 aliphatic rings. The van der Waals surface area contributed by atoms with Gasteiger partial charge in [0.15, 0.2) is 0 Å². The van der Waals surface area contributed by atoms with Crippen LogP contribution < -0.4 is 10.1 Å². The molecule has 1 amide bonds. The van der Waals surface area contributed by atoms with E-state index in [0.29, 0.717) is 12.8 Å². The van der Waals surface area contributed by atoms with Crippen LogP contribution in [0.2, 0.25) is 0 Å². The highest BCUT2D eigenvalue weighted by molar-refractivity contribution is 5.93. The molecule has 0 radical (unpaired) electrons. The second kappa shape index (κ2) is 7.82. The fraction of sp³-hybridized carbons (Fsp3) is 0.364. The first kappa shape index (κ1) is 17.6. The summed E-state index contributed by atoms with van der Waals surface area (Å²) in [7, 11) is 1.65. The highest BCUT2D eigenvalue weighted by atomic mass is 16.5. The van der Waals surface area contributed by atoms with Gasteiger partial charge in [-0.3, -0.25) is 4.79 Å². The van der Waals surface area contributed by atoms with Crippen molar-refractivity contribution in [3.05, 3.63) is 53.9 Å². The maximum Gasteiger partial charge on any atom is 0.224 e. The minimum Gasteiger partial charge on any atom is -0.496 e. The number of aryl methyl sites for hydroxylation is 3. The van der Waals surface area contributed by atoms with Gasteiger partial charge in [-0.2, -0.15) is 0 Å². The monoisotopic (exact) mass is 363 g/mol. The number of ether oxygens (including phenoxy) is 1. The van der Waals surface area contributed by atoms with Gasteiger partial charge in [-0.25, -0.2) is 4.98 Å². The van der Waals surface area contributed by atoms with Crippen molar-refractivity contribution in [1.29, 1.82) is 0 Å². The number of carbonyl (C=O) groups excluding carboxylic acids is 1. The highest BCUT2D eigenvalue weighted by Crippen LogP contribution is 2.25. The van der Waals surface area contributed by atoms with Crippen molar-refractivity contribution in [2.75, 3.05) is 12.4 Å². The van der Waals surface area contributed by atoms with Gasteiger partial charge in [0.25, 0.3) is 0 Å². The number of nitrogens with one attached hydrogen (secondary N) is 1. The molecule has 27 heavy (non-hydrogen) atoms. The SMILES string of the molecule is COc1ccccc1CCC(=O)Nc1ccc2c(c1)nc1n2CCCCC1. The standard InChI is InChI=1S/C22H25N3O2/c1-27-20-8-5-4-7-16(20)10-13-22(26)23-17-11-12-19-18(15-17)24-21-9-3-2-6-14-25(19)21/h4-5,7-8,11-12,15H,2-3,6,9-10,13-14H2,1H3,(H,23,26). The Kier molecular flexibility index (Phi) is 5.10. The topological polar surface area (TPSA) is 56.1 Å². The Morgan fingerprint density at radius 2 is 2.07 bits per heavy atom. The average molecular weight is 363 g/mol. The number of hydrogen-bond donors (Lipinski definition) is 1. The number of fused-ring (bicyclic) bond motifs is 3. The van der Waals surface area contributed by atoms with E-state index in [2.05, 4.69) is 16.0 Å². The normalized spacial score (nSPS) is 13.8. The summed E-state index contributed by atoms with van der Waals surface area (Å²) in [6.45, 7) is 1.04. The van der Waals surface area contributed by atoms with E-state index in [0.717, 1.165) is 35.5 Å². The zero-order valence-electron chi connectivity index (χ0n) is 15.7. The lowest BCUT2D eigenvalue weighted by atomic mass is 10.1. The first-order valence-corrected chi connectivity index (χ1v) is 9.65. The van der Waals surface area contributed by atoms with E-state index in [1.807, 2.05) is 36.4 Å². The molecule has 0 fully saturated rings. The number of anilines is 1. The first-order valence-electron chi connectivity index (χ1n) is 9.65. The molecule has 0 atom stereocenters. The van der Waals surface area contributed by atoms with Crippen molar-refractivity contribution in [2.45, 2.75) is 45.1 Å². The number of hydrogen-bond acceptors (Lipinski definition) is 3. The molecule has 4 rings (SSSR count). The molecular weight excluding hydrogens is 338 g/mol. The van der Waals surface area contributed by atoms with Gasteiger partial charge in [0, 0.05) is 25.1 Å². The second-order valence-electron chi connectivity index (χ2n) is 7.05. The number of nitrogens with zero attached hydrogens (tertiary/aromatic N) is 2. The van der Waals surface area contributed by atoms with Crippen LogP contribution in [0.15, 0.2) is 42.5 Å². The van der Waals surface area contributed by atoms with E-state index in [1.54, 1.807) is 7.11 Å². The third-order valence-electron chi connectivity index (χ3n) is 5.21. The maximum atomic E-state index is 12.4. The number of imidazole rings is 1. The van der Waals surface area contributed by atoms with E-state index in [1.165, 1.54) is 30.6 Å². The molecule has 140 valence electrons. The Balaban J connectivity index is 1.44. The maximum absolute atomic E-state index is 12.4. The van der Waals surface area contributed by atoms with Gasteiger partial charge in [-0.05, 0) is 49.1 Å². The van der Waals surface area contributed by atoms with Gasteiger partial charge in [0.05, 0.1) is 18.1 Å². The molecule has 0 unspecified atom stereocenters. The molecule has 1 aromatic heterocycles. The number of carbonyl (C=O) groups is 1. The lowest BCUT2D eigenvalue weighted by molar-refractivity contribution is -0.116. The molecule has 0 aliphatic carbocycles. The smallest absolute Gasteiger partial charge is 0.224 e. The molecule has 2 heterocycles. The first-order chi connectivity index (χ1) is 13.2. The number of methoxy groups -OCH3 is 1. The third-order valence-corrected chi connectivity index (χ3v) is 5.21. The zero-order chi connectivity index (χ0) is 18.6. The van der Waals surface area contributed by atoms with Crippen molar-refractivity contribution in [3.8, 4) is 5.75 Å². The number of para-hydroxylation sites is 1. The lowest BCUT2D eigenvalue weighted by Gasteiger charge is -2.09. The minimum absolute atomic E-state index is 0.000952. The lowest BCUT2D eigenvalue weighted by Crippen LogP contribution is -2.12. The molecular formula is C22H25N3O2. The Morgan fingerprint density at radius 3 is 2.96 bits per heavy atom. The molecule has 2 aromatic carbocycles. The van der Waals surface area contributed by atoms with Crippen molar-refractivity contribution in [1.82, 2.24) is 9.55 Å². The molecule has 0 spiro atoms. The highest BCUT2D eigenvalue weighted by Gasteiger charge is 2.14. The Bertz CT molecular complexity index is 961. The fourth-order valence-electron chi connectivity index (χ4n) is 3.81. The molecule has 0 saturated heterocycles. The van der Waals surface area contributed by atoms with Crippen LogP contribution in [-0.4, -0.2) is 22.6 Å². The summed E-state index contributed by atoms with van der Waals surface area (Å²) in [6, 6.07) is 13.9. The molecule has 3 aromatic rings. The minimum atomic E-state index is 0.000952. The van der Waals surface area contributed by atoms with Gasteiger partial charge in [0.1, 0.15) is 11.6 Å². The van der Waals surface area contributed by atoms with Crippen LogP contribution in [0.1, 0.15) is 37.1 Å². The Morgan fingerprint density at radius 1 is 1.19 bits per heavy atom. The number of amides is 1. The predicted octanol–water partition coefficient (Wildman–Crippen LogP) is 4.34. The molecule has 5 heteroatoms. The largest absolute Gasteiger partial charge is 0.496 e. The summed E-state index contributed by atoms with van der Waals surface area (Å²) < 4.78 is 7.68. The number of rotatable bonds is 5. The van der Waals surface area contributed by atoms with Crippen LogP contribution in [-0.2, 0) is 24.2 Å². The summed E-state index contributed by atoms with van der Waals surface area (Å²) >= 11 is 0. The molecule has 0 bridgehead atoms. The predicted molar refractivity (Wildman–Crippen MR) is 107 cm³/mol. The molecule has 0 saturated carbocycles. The van der Waals surface area contributed by atoms with Crippen molar-refractivity contribution < 1.29 is 9.53 Å². The molecule has 1 N–H and O–H groups in total. The van der Waals surface area contributed by atoms with Crippen molar-refractivity contribution >= 4 is 22.6 Å². The van der Waals surface area contributed by atoms with Crippen LogP contribution in [0.4, 0.5) is 5.69 Å². The molecule has 5 nitrogen and oxygen atoms in total. The van der Waals surface area contributed by atoms with Crippen LogP contribution in [0, 0.1) is 0 Å². The van der Waals surface area contributed by atoms with Crippen LogP contribution in [0.25, 0.3) is 11.0 Å². The second-order valence-corrected chi connectivity index (χ2v) is 7.05. The fourth-order valence-corrected chi connectivity index (χ4v) is 3.81.